The van der Waals surface area contributed by atoms with Crippen LogP contribution in [0.1, 0.15) is 71.1 Å². The van der Waals surface area contributed by atoms with E-state index in [9.17, 15) is 14.4 Å². The molecule has 0 aromatic heterocycles. The van der Waals surface area contributed by atoms with Gasteiger partial charge in [-0.15, -0.1) is 0 Å². The van der Waals surface area contributed by atoms with Crippen molar-refractivity contribution in [1.82, 2.24) is 25.8 Å². The first-order chi connectivity index (χ1) is 15.4. The van der Waals surface area contributed by atoms with Crippen molar-refractivity contribution in [2.24, 2.45) is 17.8 Å². The summed E-state index contributed by atoms with van der Waals surface area (Å²) in [4.78, 5) is 40.6. The van der Waals surface area contributed by atoms with E-state index in [0.29, 0.717) is 26.2 Å². The van der Waals surface area contributed by atoms with E-state index in [1.807, 2.05) is 9.80 Å². The fourth-order valence-electron chi connectivity index (χ4n) is 7.56. The van der Waals surface area contributed by atoms with E-state index in [2.05, 4.69) is 16.0 Å². The highest BCUT2D eigenvalue weighted by Crippen LogP contribution is 2.55. The molecule has 5 amide bonds. The van der Waals surface area contributed by atoms with Gasteiger partial charge in [0.25, 0.3) is 0 Å². The largest absolute Gasteiger partial charge is 0.343 e. The van der Waals surface area contributed by atoms with Gasteiger partial charge < -0.3 is 25.8 Å². The van der Waals surface area contributed by atoms with Gasteiger partial charge in [0.15, 0.2) is 0 Å². The van der Waals surface area contributed by atoms with E-state index in [1.165, 1.54) is 19.3 Å². The molecule has 4 aliphatic carbocycles. The summed E-state index contributed by atoms with van der Waals surface area (Å²) >= 11 is 0. The number of hydrogen-bond acceptors (Lipinski definition) is 3. The lowest BCUT2D eigenvalue weighted by Crippen LogP contribution is -2.62. The lowest BCUT2D eigenvalue weighted by atomic mass is 9.53. The third-order valence-electron chi connectivity index (χ3n) is 8.80. The number of nitrogens with one attached hydrogen (secondary N) is 3. The van der Waals surface area contributed by atoms with Crippen LogP contribution in [-0.2, 0) is 4.79 Å². The van der Waals surface area contributed by atoms with Crippen molar-refractivity contribution in [3.8, 4) is 0 Å². The molecule has 2 saturated heterocycles. The predicted octanol–water partition coefficient (Wildman–Crippen LogP) is 2.44. The third-order valence-corrected chi connectivity index (χ3v) is 8.80. The number of amides is 5. The van der Waals surface area contributed by atoms with Crippen molar-refractivity contribution in [1.29, 1.82) is 0 Å². The number of carbonyl (C=O) groups is 3. The molecule has 4 saturated carbocycles. The monoisotopic (exact) mass is 445 g/mol. The Labute approximate surface area is 191 Å². The summed E-state index contributed by atoms with van der Waals surface area (Å²) in [6.07, 6.45) is 10.8. The SMILES string of the molecule is CC(=O)N1CCC(NC(=O)N2CCC(NC(=O)NC34CC5CC(CC(C5)C3)C4)CC2)CC1. The topological polar surface area (TPSA) is 93.8 Å². The molecule has 2 aliphatic heterocycles. The molecule has 32 heavy (non-hydrogen) atoms. The molecule has 3 N–H and O–H groups in total. The Morgan fingerprint density at radius 3 is 1.69 bits per heavy atom. The van der Waals surface area contributed by atoms with Crippen LogP contribution in [0.4, 0.5) is 9.59 Å². The van der Waals surface area contributed by atoms with Gasteiger partial charge in [-0.25, -0.2) is 9.59 Å². The lowest BCUT2D eigenvalue weighted by Gasteiger charge is -2.56. The quantitative estimate of drug-likeness (QED) is 0.623. The number of likely N-dealkylation sites (tertiary alicyclic amines) is 2. The minimum Gasteiger partial charge on any atom is -0.343 e. The van der Waals surface area contributed by atoms with Crippen molar-refractivity contribution in [3.63, 3.8) is 0 Å². The molecule has 8 nitrogen and oxygen atoms in total. The van der Waals surface area contributed by atoms with Gasteiger partial charge in [-0.1, -0.05) is 0 Å². The molecule has 0 aromatic carbocycles. The summed E-state index contributed by atoms with van der Waals surface area (Å²) in [5.74, 6) is 2.56. The summed E-state index contributed by atoms with van der Waals surface area (Å²) in [5, 5.41) is 9.74. The van der Waals surface area contributed by atoms with Crippen LogP contribution in [0, 0.1) is 17.8 Å². The van der Waals surface area contributed by atoms with Crippen LogP contribution < -0.4 is 16.0 Å². The molecule has 178 valence electrons. The highest BCUT2D eigenvalue weighted by atomic mass is 16.2. The molecule has 6 rings (SSSR count). The molecule has 6 aliphatic rings. The second-order valence-electron chi connectivity index (χ2n) is 11.3. The van der Waals surface area contributed by atoms with Crippen molar-refractivity contribution < 1.29 is 14.4 Å². The van der Waals surface area contributed by atoms with Crippen molar-refractivity contribution in [3.05, 3.63) is 0 Å². The second-order valence-corrected chi connectivity index (χ2v) is 11.3. The van der Waals surface area contributed by atoms with Crippen molar-refractivity contribution in [2.45, 2.75) is 88.8 Å². The number of urea groups is 2. The third kappa shape index (κ3) is 4.69. The van der Waals surface area contributed by atoms with E-state index in [1.54, 1.807) is 6.92 Å². The lowest BCUT2D eigenvalue weighted by molar-refractivity contribution is -0.129. The smallest absolute Gasteiger partial charge is 0.317 e. The number of hydrogen-bond donors (Lipinski definition) is 3. The van der Waals surface area contributed by atoms with Crippen LogP contribution in [0.25, 0.3) is 0 Å². The maximum Gasteiger partial charge on any atom is 0.317 e. The Morgan fingerprint density at radius 2 is 1.19 bits per heavy atom. The molecule has 6 fully saturated rings. The van der Waals surface area contributed by atoms with Gasteiger partial charge in [0, 0.05) is 50.7 Å². The number of rotatable bonds is 3. The Hall–Kier alpha value is -1.99. The van der Waals surface area contributed by atoms with Gasteiger partial charge in [0.2, 0.25) is 5.91 Å². The Bertz CT molecular complexity index is 705. The molecule has 0 radical (unpaired) electrons. The molecule has 0 atom stereocenters. The normalized spacial score (nSPS) is 35.0. The van der Waals surface area contributed by atoms with E-state index < -0.39 is 0 Å². The van der Waals surface area contributed by atoms with Gasteiger partial charge in [0.05, 0.1) is 0 Å². The van der Waals surface area contributed by atoms with Crippen LogP contribution in [-0.4, -0.2) is 71.6 Å². The molecule has 0 spiro atoms. The van der Waals surface area contributed by atoms with E-state index >= 15 is 0 Å². The highest BCUT2D eigenvalue weighted by molar-refractivity contribution is 5.76. The molecular formula is C24H39N5O3. The number of piperidine rings is 2. The summed E-state index contributed by atoms with van der Waals surface area (Å²) < 4.78 is 0. The summed E-state index contributed by atoms with van der Waals surface area (Å²) in [5.41, 5.74) is 0.0391. The first kappa shape index (κ1) is 21.8. The minimum atomic E-state index is -0.0113. The summed E-state index contributed by atoms with van der Waals surface area (Å²) in [7, 11) is 0. The number of nitrogens with zero attached hydrogens (tertiary/aromatic N) is 2. The van der Waals surface area contributed by atoms with Crippen LogP contribution in [0.5, 0.6) is 0 Å². The predicted molar refractivity (Wildman–Crippen MR) is 121 cm³/mol. The van der Waals surface area contributed by atoms with Crippen LogP contribution in [0.15, 0.2) is 0 Å². The fourth-order valence-corrected chi connectivity index (χ4v) is 7.56. The maximum absolute atomic E-state index is 12.8. The average molecular weight is 446 g/mol. The standard InChI is InChI=1S/C24H39N5O3/c1-16(30)28-6-2-21(3-7-28)26-23(32)29-8-4-20(5-9-29)25-22(31)27-24-13-17-10-18(14-24)12-19(11-17)15-24/h17-21H,2-15H2,1H3,(H,26,32)(H2,25,27,31). The maximum atomic E-state index is 12.8. The minimum absolute atomic E-state index is 0.00733. The van der Waals surface area contributed by atoms with Crippen LogP contribution in [0.3, 0.4) is 0 Å². The zero-order valence-corrected chi connectivity index (χ0v) is 19.4. The fraction of sp³-hybridized carbons (Fsp3) is 0.875. The highest BCUT2D eigenvalue weighted by Gasteiger charge is 2.51. The Balaban J connectivity index is 1.03. The van der Waals surface area contributed by atoms with Gasteiger partial charge in [-0.3, -0.25) is 4.79 Å². The van der Waals surface area contributed by atoms with E-state index in [-0.39, 0.29) is 35.6 Å². The Morgan fingerprint density at radius 1 is 0.719 bits per heavy atom. The van der Waals surface area contributed by atoms with Gasteiger partial charge in [-0.2, -0.15) is 0 Å². The van der Waals surface area contributed by atoms with Gasteiger partial charge >= 0.3 is 12.1 Å². The van der Waals surface area contributed by atoms with Crippen molar-refractivity contribution >= 4 is 18.0 Å². The van der Waals surface area contributed by atoms with Crippen LogP contribution >= 0.6 is 0 Å². The molecular weight excluding hydrogens is 406 g/mol. The first-order valence-electron chi connectivity index (χ1n) is 12.8. The molecule has 2 heterocycles. The molecule has 0 aromatic rings. The zero-order chi connectivity index (χ0) is 22.3. The van der Waals surface area contributed by atoms with E-state index in [4.69, 9.17) is 0 Å². The molecule has 8 heteroatoms. The van der Waals surface area contributed by atoms with E-state index in [0.717, 1.165) is 62.7 Å². The molecule has 4 bridgehead atoms. The summed E-state index contributed by atoms with van der Waals surface area (Å²) in [6.45, 7) is 4.36. The second kappa shape index (κ2) is 8.75. The summed E-state index contributed by atoms with van der Waals surface area (Å²) in [6, 6.07) is 0.251. The van der Waals surface area contributed by atoms with Crippen LogP contribution in [0.2, 0.25) is 0 Å². The Kier molecular flexibility index (Phi) is 5.97. The average Bonchev–Trinajstić information content (AvgIpc) is 2.73. The molecule has 0 unspecified atom stereocenters. The number of carbonyl (C=O) groups excluding carboxylic acids is 3. The first-order valence-corrected chi connectivity index (χ1v) is 12.8. The van der Waals surface area contributed by atoms with Crippen molar-refractivity contribution in [2.75, 3.05) is 26.2 Å². The van der Waals surface area contributed by atoms with Gasteiger partial charge in [0.1, 0.15) is 0 Å². The zero-order valence-electron chi connectivity index (χ0n) is 19.4. The van der Waals surface area contributed by atoms with Gasteiger partial charge in [-0.05, 0) is 82.0 Å².